The summed E-state index contributed by atoms with van der Waals surface area (Å²) in [5.41, 5.74) is 5.85. The number of hydrogen-bond donors (Lipinski definition) is 0. The van der Waals surface area contributed by atoms with Gasteiger partial charge >= 0.3 is 0 Å². The highest BCUT2D eigenvalue weighted by atomic mass is 16.1. The highest BCUT2D eigenvalue weighted by Gasteiger charge is 2.31. The molecule has 3 aromatic rings. The van der Waals surface area contributed by atoms with Crippen molar-refractivity contribution >= 4 is 5.78 Å². The molecule has 1 aliphatic rings. The highest BCUT2D eigenvalue weighted by Crippen LogP contribution is 2.34. The number of nitrogens with zero attached hydrogens (tertiary/aromatic N) is 4. The molecule has 0 aliphatic heterocycles. The molecule has 0 fully saturated rings. The standard InChI is InChI=1S/C20H20N4O/c1-12-6-4-5-7-16(12)15-9-18-17(19(25)10-15)11-21-24(18)20-22-13(2)8-14(3)23-20/h4-8,11,15H,9-10H2,1-3H3/t15-/m1/s1. The van der Waals surface area contributed by atoms with Gasteiger partial charge < -0.3 is 0 Å². The van der Waals surface area contributed by atoms with E-state index in [2.05, 4.69) is 34.1 Å². The number of ketones is 1. The van der Waals surface area contributed by atoms with Crippen molar-refractivity contribution in [3.8, 4) is 5.95 Å². The number of hydrogen-bond acceptors (Lipinski definition) is 4. The van der Waals surface area contributed by atoms with Gasteiger partial charge in [-0.2, -0.15) is 5.10 Å². The lowest BCUT2D eigenvalue weighted by Crippen LogP contribution is -2.21. The van der Waals surface area contributed by atoms with Gasteiger partial charge in [-0.05, 0) is 50.3 Å². The summed E-state index contributed by atoms with van der Waals surface area (Å²) in [4.78, 5) is 21.7. The van der Waals surface area contributed by atoms with Crippen LogP contribution in [-0.4, -0.2) is 25.5 Å². The quantitative estimate of drug-likeness (QED) is 0.720. The zero-order valence-corrected chi connectivity index (χ0v) is 14.7. The Kier molecular flexibility index (Phi) is 3.71. The number of fused-ring (bicyclic) bond motifs is 1. The minimum atomic E-state index is 0.144. The molecule has 2 heterocycles. The molecule has 1 aromatic carbocycles. The topological polar surface area (TPSA) is 60.7 Å². The van der Waals surface area contributed by atoms with E-state index >= 15 is 0 Å². The SMILES string of the molecule is Cc1cc(C)nc(-n2ncc3c2C[C@@H](c2ccccc2C)CC3=O)n1. The van der Waals surface area contributed by atoms with Gasteiger partial charge in [0.2, 0.25) is 0 Å². The average Bonchev–Trinajstić information content (AvgIpc) is 2.99. The molecule has 2 aromatic heterocycles. The van der Waals surface area contributed by atoms with E-state index in [0.29, 0.717) is 17.9 Å². The minimum Gasteiger partial charge on any atom is -0.294 e. The van der Waals surface area contributed by atoms with Gasteiger partial charge in [0.25, 0.3) is 5.95 Å². The van der Waals surface area contributed by atoms with Crippen LogP contribution >= 0.6 is 0 Å². The van der Waals surface area contributed by atoms with Crippen molar-refractivity contribution in [2.75, 3.05) is 0 Å². The lowest BCUT2D eigenvalue weighted by Gasteiger charge is -2.24. The summed E-state index contributed by atoms with van der Waals surface area (Å²) < 4.78 is 1.73. The normalized spacial score (nSPS) is 16.8. The molecule has 0 saturated carbocycles. The smallest absolute Gasteiger partial charge is 0.251 e. The Morgan fingerprint density at radius 1 is 1.04 bits per heavy atom. The highest BCUT2D eigenvalue weighted by molar-refractivity contribution is 5.98. The van der Waals surface area contributed by atoms with Crippen LogP contribution in [0.3, 0.4) is 0 Å². The van der Waals surface area contributed by atoms with Gasteiger partial charge in [-0.25, -0.2) is 14.6 Å². The first-order valence-corrected chi connectivity index (χ1v) is 8.51. The second-order valence-corrected chi connectivity index (χ2v) is 6.75. The molecule has 0 amide bonds. The summed E-state index contributed by atoms with van der Waals surface area (Å²) >= 11 is 0. The third-order valence-corrected chi connectivity index (χ3v) is 4.83. The lowest BCUT2D eigenvalue weighted by atomic mass is 9.81. The fourth-order valence-corrected chi connectivity index (χ4v) is 3.68. The van der Waals surface area contributed by atoms with Crippen LogP contribution < -0.4 is 0 Å². The molecule has 25 heavy (non-hydrogen) atoms. The third kappa shape index (κ3) is 2.76. The first-order valence-electron chi connectivity index (χ1n) is 8.51. The van der Waals surface area contributed by atoms with Crippen molar-refractivity contribution in [1.29, 1.82) is 0 Å². The number of carbonyl (C=O) groups is 1. The Morgan fingerprint density at radius 3 is 2.48 bits per heavy atom. The predicted molar refractivity (Wildman–Crippen MR) is 95.2 cm³/mol. The average molecular weight is 332 g/mol. The minimum absolute atomic E-state index is 0.144. The number of carbonyl (C=O) groups excluding carboxylic acids is 1. The van der Waals surface area contributed by atoms with Gasteiger partial charge in [-0.15, -0.1) is 0 Å². The molecule has 0 spiro atoms. The molecule has 0 radical (unpaired) electrons. The van der Waals surface area contributed by atoms with E-state index in [9.17, 15) is 4.79 Å². The summed E-state index contributed by atoms with van der Waals surface area (Å²) in [6.45, 7) is 5.98. The second-order valence-electron chi connectivity index (χ2n) is 6.75. The number of aryl methyl sites for hydroxylation is 3. The van der Waals surface area contributed by atoms with Gasteiger partial charge in [-0.1, -0.05) is 24.3 Å². The maximum atomic E-state index is 12.7. The fourth-order valence-electron chi connectivity index (χ4n) is 3.68. The van der Waals surface area contributed by atoms with E-state index in [4.69, 9.17) is 0 Å². The Hall–Kier alpha value is -2.82. The predicted octanol–water partition coefficient (Wildman–Crippen LogP) is 3.50. The first kappa shape index (κ1) is 15.7. The third-order valence-electron chi connectivity index (χ3n) is 4.83. The Balaban J connectivity index is 1.79. The van der Waals surface area contributed by atoms with E-state index in [0.717, 1.165) is 23.5 Å². The molecular weight excluding hydrogens is 312 g/mol. The maximum Gasteiger partial charge on any atom is 0.251 e. The summed E-state index contributed by atoms with van der Waals surface area (Å²) in [7, 11) is 0. The number of aromatic nitrogens is 4. The molecule has 0 unspecified atom stereocenters. The van der Waals surface area contributed by atoms with Crippen LogP contribution in [0.2, 0.25) is 0 Å². The van der Waals surface area contributed by atoms with E-state index in [-0.39, 0.29) is 11.7 Å². The van der Waals surface area contributed by atoms with Crippen molar-refractivity contribution < 1.29 is 4.79 Å². The van der Waals surface area contributed by atoms with Crippen LogP contribution in [-0.2, 0) is 6.42 Å². The van der Waals surface area contributed by atoms with Crippen molar-refractivity contribution in [2.45, 2.75) is 39.5 Å². The van der Waals surface area contributed by atoms with E-state index in [1.165, 1.54) is 11.1 Å². The monoisotopic (exact) mass is 332 g/mol. The molecule has 1 atom stereocenters. The molecule has 0 saturated heterocycles. The summed E-state index contributed by atoms with van der Waals surface area (Å²) in [6.07, 6.45) is 2.95. The molecule has 126 valence electrons. The van der Waals surface area contributed by atoms with Crippen LogP contribution in [0.1, 0.15) is 50.9 Å². The fraction of sp³-hybridized carbons (Fsp3) is 0.300. The van der Waals surface area contributed by atoms with Gasteiger partial charge in [-0.3, -0.25) is 4.79 Å². The molecule has 5 heteroatoms. The maximum absolute atomic E-state index is 12.7. The zero-order valence-electron chi connectivity index (χ0n) is 14.7. The molecule has 0 N–H and O–H groups in total. The largest absolute Gasteiger partial charge is 0.294 e. The summed E-state index contributed by atoms with van der Waals surface area (Å²) in [6, 6.07) is 10.2. The van der Waals surface area contributed by atoms with Gasteiger partial charge in [0, 0.05) is 17.8 Å². The number of rotatable bonds is 2. The van der Waals surface area contributed by atoms with Crippen molar-refractivity contribution in [3.63, 3.8) is 0 Å². The molecular formula is C20H20N4O. The molecule has 0 bridgehead atoms. The van der Waals surface area contributed by atoms with Crippen molar-refractivity contribution in [1.82, 2.24) is 19.7 Å². The van der Waals surface area contributed by atoms with Crippen LogP contribution in [0.4, 0.5) is 0 Å². The van der Waals surface area contributed by atoms with Crippen LogP contribution in [0, 0.1) is 20.8 Å². The van der Waals surface area contributed by atoms with E-state index in [1.54, 1.807) is 10.9 Å². The van der Waals surface area contributed by atoms with Crippen molar-refractivity contribution in [3.05, 3.63) is 70.3 Å². The van der Waals surface area contributed by atoms with Gasteiger partial charge in [0.1, 0.15) is 0 Å². The molecule has 1 aliphatic carbocycles. The van der Waals surface area contributed by atoms with Crippen LogP contribution in [0.25, 0.3) is 5.95 Å². The number of benzene rings is 1. The van der Waals surface area contributed by atoms with Gasteiger partial charge in [0.15, 0.2) is 5.78 Å². The first-order chi connectivity index (χ1) is 12.0. The zero-order chi connectivity index (χ0) is 17.6. The number of Topliss-reactive ketones (excluding diaryl/α,β-unsaturated/α-hetero) is 1. The van der Waals surface area contributed by atoms with E-state index < -0.39 is 0 Å². The van der Waals surface area contributed by atoms with Crippen LogP contribution in [0.5, 0.6) is 0 Å². The molecule has 4 rings (SSSR count). The van der Waals surface area contributed by atoms with Gasteiger partial charge in [0.05, 0.1) is 17.5 Å². The van der Waals surface area contributed by atoms with Crippen LogP contribution in [0.15, 0.2) is 36.5 Å². The Labute approximate surface area is 146 Å². The van der Waals surface area contributed by atoms with Crippen molar-refractivity contribution in [2.24, 2.45) is 0 Å². The summed E-state index contributed by atoms with van der Waals surface area (Å²) in [5, 5.41) is 4.42. The van der Waals surface area contributed by atoms with E-state index in [1.807, 2.05) is 32.0 Å². The lowest BCUT2D eigenvalue weighted by molar-refractivity contribution is 0.0963. The summed E-state index contributed by atoms with van der Waals surface area (Å²) in [5.74, 6) is 0.852. The Morgan fingerprint density at radius 2 is 1.76 bits per heavy atom. The molecule has 5 nitrogen and oxygen atoms in total. The second kappa shape index (κ2) is 5.92. The Bertz CT molecular complexity index is 953.